The van der Waals surface area contributed by atoms with Gasteiger partial charge in [0.25, 0.3) is 0 Å². The van der Waals surface area contributed by atoms with Gasteiger partial charge in [0.1, 0.15) is 5.58 Å². The maximum atomic E-state index is 5.59. The second-order valence-corrected chi connectivity index (χ2v) is 4.30. The molecule has 0 aliphatic heterocycles. The summed E-state index contributed by atoms with van der Waals surface area (Å²) in [5, 5.41) is 4.60. The SMILES string of the molecule is CCNCCc1coc2cc(C)c(C)cc12. The molecule has 0 fully saturated rings. The van der Waals surface area contributed by atoms with Crippen LogP contribution < -0.4 is 5.32 Å². The van der Waals surface area contributed by atoms with Crippen molar-refractivity contribution in [2.45, 2.75) is 27.2 Å². The molecule has 0 spiro atoms. The van der Waals surface area contributed by atoms with Gasteiger partial charge in [-0.2, -0.15) is 0 Å². The minimum atomic E-state index is 1.01. The average Bonchev–Trinajstić information content (AvgIpc) is 2.63. The van der Waals surface area contributed by atoms with Gasteiger partial charge in [0.15, 0.2) is 0 Å². The molecular formula is C14H19NO. The summed E-state index contributed by atoms with van der Waals surface area (Å²) in [5.74, 6) is 0. The van der Waals surface area contributed by atoms with Gasteiger partial charge in [-0.15, -0.1) is 0 Å². The van der Waals surface area contributed by atoms with E-state index in [2.05, 4.69) is 38.2 Å². The molecule has 2 heteroatoms. The third kappa shape index (κ3) is 2.12. The zero-order chi connectivity index (χ0) is 11.5. The number of fused-ring (bicyclic) bond motifs is 1. The molecule has 0 unspecified atom stereocenters. The number of likely N-dealkylation sites (N-methyl/N-ethyl adjacent to an activating group) is 1. The molecular weight excluding hydrogens is 198 g/mol. The first kappa shape index (κ1) is 11.2. The second-order valence-electron chi connectivity index (χ2n) is 4.30. The van der Waals surface area contributed by atoms with Crippen LogP contribution in [-0.4, -0.2) is 13.1 Å². The predicted octanol–water partition coefficient (Wildman–Crippen LogP) is 3.20. The predicted molar refractivity (Wildman–Crippen MR) is 67.9 cm³/mol. The van der Waals surface area contributed by atoms with E-state index in [1.165, 1.54) is 22.1 Å². The van der Waals surface area contributed by atoms with Gasteiger partial charge in [-0.3, -0.25) is 0 Å². The Bertz CT molecular complexity index is 485. The van der Waals surface area contributed by atoms with E-state index < -0.39 is 0 Å². The first-order valence-corrected chi connectivity index (χ1v) is 5.90. The Morgan fingerprint density at radius 1 is 1.19 bits per heavy atom. The molecule has 0 saturated carbocycles. The van der Waals surface area contributed by atoms with Gasteiger partial charge in [-0.25, -0.2) is 0 Å². The van der Waals surface area contributed by atoms with Crippen molar-refractivity contribution >= 4 is 11.0 Å². The maximum absolute atomic E-state index is 5.59. The molecule has 2 aromatic rings. The zero-order valence-electron chi connectivity index (χ0n) is 10.3. The monoisotopic (exact) mass is 217 g/mol. The van der Waals surface area contributed by atoms with E-state index in [1.807, 2.05) is 6.26 Å². The fourth-order valence-electron chi connectivity index (χ4n) is 1.93. The molecule has 0 saturated heterocycles. The van der Waals surface area contributed by atoms with Crippen LogP contribution in [0.3, 0.4) is 0 Å². The number of furan rings is 1. The lowest BCUT2D eigenvalue weighted by Gasteiger charge is -2.02. The Labute approximate surface area is 96.6 Å². The third-order valence-electron chi connectivity index (χ3n) is 3.09. The van der Waals surface area contributed by atoms with Gasteiger partial charge in [-0.1, -0.05) is 6.92 Å². The maximum Gasteiger partial charge on any atom is 0.134 e. The van der Waals surface area contributed by atoms with Crippen molar-refractivity contribution in [2.24, 2.45) is 0 Å². The van der Waals surface area contributed by atoms with Crippen molar-refractivity contribution in [3.8, 4) is 0 Å². The van der Waals surface area contributed by atoms with Gasteiger partial charge >= 0.3 is 0 Å². The highest BCUT2D eigenvalue weighted by Crippen LogP contribution is 2.24. The van der Waals surface area contributed by atoms with Gasteiger partial charge in [-0.05, 0) is 62.2 Å². The molecule has 0 amide bonds. The van der Waals surface area contributed by atoms with Crippen molar-refractivity contribution in [3.63, 3.8) is 0 Å². The molecule has 1 heterocycles. The Balaban J connectivity index is 2.29. The average molecular weight is 217 g/mol. The number of hydrogen-bond acceptors (Lipinski definition) is 2. The van der Waals surface area contributed by atoms with E-state index >= 15 is 0 Å². The lowest BCUT2D eigenvalue weighted by Crippen LogP contribution is -2.15. The van der Waals surface area contributed by atoms with Crippen LogP contribution in [0.25, 0.3) is 11.0 Å². The first-order valence-electron chi connectivity index (χ1n) is 5.90. The summed E-state index contributed by atoms with van der Waals surface area (Å²) in [6, 6.07) is 4.36. The quantitative estimate of drug-likeness (QED) is 0.796. The van der Waals surface area contributed by atoms with E-state index in [0.29, 0.717) is 0 Å². The topological polar surface area (TPSA) is 25.2 Å². The lowest BCUT2D eigenvalue weighted by molar-refractivity contribution is 0.607. The summed E-state index contributed by atoms with van der Waals surface area (Å²) in [6.45, 7) is 8.43. The summed E-state index contributed by atoms with van der Waals surface area (Å²) >= 11 is 0. The number of rotatable bonds is 4. The molecule has 0 aliphatic carbocycles. The summed E-state index contributed by atoms with van der Waals surface area (Å²) in [7, 11) is 0. The fraction of sp³-hybridized carbons (Fsp3) is 0.429. The molecule has 1 aromatic heterocycles. The van der Waals surface area contributed by atoms with Crippen LogP contribution in [0, 0.1) is 13.8 Å². The first-order chi connectivity index (χ1) is 7.72. The molecule has 2 rings (SSSR count). The van der Waals surface area contributed by atoms with Crippen LogP contribution >= 0.6 is 0 Å². The Morgan fingerprint density at radius 2 is 1.94 bits per heavy atom. The van der Waals surface area contributed by atoms with Gasteiger partial charge in [0, 0.05) is 5.39 Å². The highest BCUT2D eigenvalue weighted by Gasteiger charge is 2.07. The Morgan fingerprint density at radius 3 is 2.69 bits per heavy atom. The highest BCUT2D eigenvalue weighted by atomic mass is 16.3. The van der Waals surface area contributed by atoms with Crippen LogP contribution in [0.5, 0.6) is 0 Å². The molecule has 1 N–H and O–H groups in total. The van der Waals surface area contributed by atoms with Crippen molar-refractivity contribution in [1.82, 2.24) is 5.32 Å². The smallest absolute Gasteiger partial charge is 0.134 e. The largest absolute Gasteiger partial charge is 0.464 e. The summed E-state index contributed by atoms with van der Waals surface area (Å²) in [6.07, 6.45) is 2.92. The highest BCUT2D eigenvalue weighted by molar-refractivity contribution is 5.82. The Kier molecular flexibility index (Phi) is 3.30. The molecule has 16 heavy (non-hydrogen) atoms. The van der Waals surface area contributed by atoms with Crippen LogP contribution in [0.4, 0.5) is 0 Å². The van der Waals surface area contributed by atoms with Crippen molar-refractivity contribution in [1.29, 1.82) is 0 Å². The molecule has 86 valence electrons. The van der Waals surface area contributed by atoms with Crippen molar-refractivity contribution < 1.29 is 4.42 Å². The van der Waals surface area contributed by atoms with Crippen molar-refractivity contribution in [2.75, 3.05) is 13.1 Å². The molecule has 0 radical (unpaired) electrons. The molecule has 0 atom stereocenters. The molecule has 1 aromatic carbocycles. The lowest BCUT2D eigenvalue weighted by atomic mass is 10.0. The van der Waals surface area contributed by atoms with E-state index in [1.54, 1.807) is 0 Å². The Hall–Kier alpha value is -1.28. The third-order valence-corrected chi connectivity index (χ3v) is 3.09. The number of hydrogen-bond donors (Lipinski definition) is 1. The van der Waals surface area contributed by atoms with Crippen LogP contribution in [0.15, 0.2) is 22.8 Å². The fourth-order valence-corrected chi connectivity index (χ4v) is 1.93. The van der Waals surface area contributed by atoms with E-state index in [-0.39, 0.29) is 0 Å². The summed E-state index contributed by atoms with van der Waals surface area (Å²) < 4.78 is 5.59. The van der Waals surface area contributed by atoms with E-state index in [4.69, 9.17) is 4.42 Å². The second kappa shape index (κ2) is 4.71. The molecule has 0 aliphatic rings. The van der Waals surface area contributed by atoms with Crippen LogP contribution in [0.1, 0.15) is 23.6 Å². The number of aryl methyl sites for hydroxylation is 2. The summed E-state index contributed by atoms with van der Waals surface area (Å²) in [5.41, 5.74) is 4.94. The normalized spacial score (nSPS) is 11.2. The van der Waals surface area contributed by atoms with Gasteiger partial charge < -0.3 is 9.73 Å². The van der Waals surface area contributed by atoms with E-state index in [9.17, 15) is 0 Å². The van der Waals surface area contributed by atoms with Crippen LogP contribution in [0.2, 0.25) is 0 Å². The van der Waals surface area contributed by atoms with Crippen LogP contribution in [-0.2, 0) is 6.42 Å². The minimum Gasteiger partial charge on any atom is -0.464 e. The van der Waals surface area contributed by atoms with Gasteiger partial charge in [0.05, 0.1) is 6.26 Å². The number of benzene rings is 1. The zero-order valence-corrected chi connectivity index (χ0v) is 10.3. The molecule has 2 nitrogen and oxygen atoms in total. The minimum absolute atomic E-state index is 1.01. The number of nitrogens with one attached hydrogen (secondary N) is 1. The van der Waals surface area contributed by atoms with Gasteiger partial charge in [0.2, 0.25) is 0 Å². The van der Waals surface area contributed by atoms with E-state index in [0.717, 1.165) is 25.1 Å². The molecule has 0 bridgehead atoms. The standard InChI is InChI=1S/C14H19NO/c1-4-15-6-5-12-9-16-14-8-11(3)10(2)7-13(12)14/h7-9,15H,4-6H2,1-3H3. The summed E-state index contributed by atoms with van der Waals surface area (Å²) in [4.78, 5) is 0. The van der Waals surface area contributed by atoms with Crippen molar-refractivity contribution in [3.05, 3.63) is 35.1 Å².